The van der Waals surface area contributed by atoms with Crippen LogP contribution in [0.25, 0.3) is 0 Å². The van der Waals surface area contributed by atoms with Crippen molar-refractivity contribution in [1.29, 1.82) is 0 Å². The number of aliphatic hydroxyl groups is 1. The molecule has 1 rings (SSSR count). The highest BCUT2D eigenvalue weighted by Crippen LogP contribution is 2.31. The van der Waals surface area contributed by atoms with Gasteiger partial charge in [-0.15, -0.1) is 0 Å². The molecule has 0 fully saturated rings. The molecule has 7 heteroatoms. The summed E-state index contributed by atoms with van der Waals surface area (Å²) in [6, 6.07) is 4.18. The lowest BCUT2D eigenvalue weighted by Crippen LogP contribution is -2.30. The van der Waals surface area contributed by atoms with Gasteiger partial charge in [-0.05, 0) is 13.0 Å². The summed E-state index contributed by atoms with van der Waals surface area (Å²) in [5.74, 6) is -0.467. The molecule has 0 bridgehead atoms. The number of aliphatic hydroxyl groups excluding tert-OH is 1. The lowest BCUT2D eigenvalue weighted by Gasteiger charge is -2.17. The fourth-order valence-corrected chi connectivity index (χ4v) is 1.59. The molecule has 19 heavy (non-hydrogen) atoms. The van der Waals surface area contributed by atoms with Crippen molar-refractivity contribution in [1.82, 2.24) is 4.90 Å². The number of nitrogens with zero attached hydrogens (tertiary/aromatic N) is 2. The van der Waals surface area contributed by atoms with Crippen LogP contribution >= 0.6 is 0 Å². The van der Waals surface area contributed by atoms with E-state index in [1.807, 2.05) is 0 Å². The van der Waals surface area contributed by atoms with Crippen LogP contribution in [0.2, 0.25) is 0 Å². The SMILES string of the molecule is CCOc1c(C(=O)N(C)CCO)cccc1[N+](=O)[O-]. The molecule has 1 aromatic rings. The van der Waals surface area contributed by atoms with Crippen LogP contribution < -0.4 is 4.74 Å². The van der Waals surface area contributed by atoms with Gasteiger partial charge in [-0.1, -0.05) is 6.07 Å². The van der Waals surface area contributed by atoms with E-state index in [1.165, 1.54) is 30.1 Å². The zero-order valence-corrected chi connectivity index (χ0v) is 10.8. The number of para-hydroxylation sites is 1. The van der Waals surface area contributed by atoms with Gasteiger partial charge in [0.1, 0.15) is 0 Å². The van der Waals surface area contributed by atoms with Crippen molar-refractivity contribution < 1.29 is 19.6 Å². The van der Waals surface area contributed by atoms with E-state index < -0.39 is 10.8 Å². The highest BCUT2D eigenvalue weighted by Gasteiger charge is 2.24. The molecule has 0 atom stereocenters. The van der Waals surface area contributed by atoms with E-state index in [4.69, 9.17) is 9.84 Å². The number of amides is 1. The maximum Gasteiger partial charge on any atom is 0.311 e. The van der Waals surface area contributed by atoms with Crippen LogP contribution in [0.1, 0.15) is 17.3 Å². The Hall–Kier alpha value is -2.15. The number of carbonyl (C=O) groups is 1. The molecule has 0 unspecified atom stereocenters. The smallest absolute Gasteiger partial charge is 0.311 e. The number of carbonyl (C=O) groups excluding carboxylic acids is 1. The number of rotatable bonds is 6. The molecule has 0 aliphatic heterocycles. The van der Waals surface area contributed by atoms with Gasteiger partial charge < -0.3 is 14.7 Å². The Morgan fingerprint density at radius 3 is 2.74 bits per heavy atom. The molecule has 0 radical (unpaired) electrons. The summed E-state index contributed by atoms with van der Waals surface area (Å²) in [4.78, 5) is 23.7. The van der Waals surface area contributed by atoms with Gasteiger partial charge in [-0.3, -0.25) is 14.9 Å². The fraction of sp³-hybridized carbons (Fsp3) is 0.417. The van der Waals surface area contributed by atoms with Crippen LogP contribution in [-0.2, 0) is 0 Å². The fourth-order valence-electron chi connectivity index (χ4n) is 1.59. The van der Waals surface area contributed by atoms with Gasteiger partial charge in [0.15, 0.2) is 0 Å². The van der Waals surface area contributed by atoms with Crippen molar-refractivity contribution in [3.05, 3.63) is 33.9 Å². The molecule has 0 aliphatic carbocycles. The van der Waals surface area contributed by atoms with Crippen LogP contribution in [0.3, 0.4) is 0 Å². The van der Waals surface area contributed by atoms with Gasteiger partial charge in [0.05, 0.1) is 23.7 Å². The Kier molecular flexibility index (Phi) is 5.25. The Balaban J connectivity index is 3.22. The molecular formula is C12H16N2O5. The van der Waals surface area contributed by atoms with Crippen molar-refractivity contribution in [3.63, 3.8) is 0 Å². The number of benzene rings is 1. The predicted molar refractivity (Wildman–Crippen MR) is 68.3 cm³/mol. The Morgan fingerprint density at radius 2 is 2.21 bits per heavy atom. The van der Waals surface area contributed by atoms with Crippen LogP contribution in [0, 0.1) is 10.1 Å². The predicted octanol–water partition coefficient (Wildman–Crippen LogP) is 1.06. The Morgan fingerprint density at radius 1 is 1.53 bits per heavy atom. The first-order valence-corrected chi connectivity index (χ1v) is 5.79. The summed E-state index contributed by atoms with van der Waals surface area (Å²) >= 11 is 0. The van der Waals surface area contributed by atoms with E-state index in [0.717, 1.165) is 0 Å². The molecule has 0 saturated carbocycles. The molecule has 0 heterocycles. The number of hydrogen-bond donors (Lipinski definition) is 1. The summed E-state index contributed by atoms with van der Waals surface area (Å²) in [5.41, 5.74) is -0.128. The molecular weight excluding hydrogens is 252 g/mol. The second-order valence-corrected chi connectivity index (χ2v) is 3.79. The molecule has 1 aromatic carbocycles. The van der Waals surface area contributed by atoms with E-state index in [2.05, 4.69) is 0 Å². The minimum atomic E-state index is -0.589. The van der Waals surface area contributed by atoms with Gasteiger partial charge in [-0.25, -0.2) is 0 Å². The highest BCUT2D eigenvalue weighted by molar-refractivity contribution is 5.98. The standard InChI is InChI=1S/C12H16N2O5/c1-3-19-11-9(12(16)13(2)7-8-15)5-4-6-10(11)14(17)18/h4-6,15H,3,7-8H2,1-2H3. The first-order valence-electron chi connectivity index (χ1n) is 5.79. The van der Waals surface area contributed by atoms with E-state index in [-0.39, 0.29) is 36.8 Å². The first kappa shape index (κ1) is 14.9. The van der Waals surface area contributed by atoms with Crippen LogP contribution in [0.15, 0.2) is 18.2 Å². The number of likely N-dealkylation sites (N-methyl/N-ethyl adjacent to an activating group) is 1. The molecule has 0 spiro atoms. The van der Waals surface area contributed by atoms with Crippen molar-refractivity contribution in [2.75, 3.05) is 26.8 Å². The summed E-state index contributed by atoms with van der Waals surface area (Å²) in [7, 11) is 1.51. The van der Waals surface area contributed by atoms with Gasteiger partial charge in [-0.2, -0.15) is 0 Å². The normalized spacial score (nSPS) is 10.1. The molecule has 1 N–H and O–H groups in total. The lowest BCUT2D eigenvalue weighted by atomic mass is 10.1. The second kappa shape index (κ2) is 6.69. The van der Waals surface area contributed by atoms with Crippen molar-refractivity contribution in [2.24, 2.45) is 0 Å². The van der Waals surface area contributed by atoms with Crippen molar-refractivity contribution in [3.8, 4) is 5.75 Å². The number of nitro benzene ring substituents is 1. The average molecular weight is 268 g/mol. The molecule has 0 aromatic heterocycles. The average Bonchev–Trinajstić information content (AvgIpc) is 2.38. The van der Waals surface area contributed by atoms with Gasteiger partial charge in [0.2, 0.25) is 5.75 Å². The summed E-state index contributed by atoms with van der Waals surface area (Å²) in [6.45, 7) is 1.87. The molecule has 1 amide bonds. The third-order valence-electron chi connectivity index (χ3n) is 2.49. The largest absolute Gasteiger partial charge is 0.487 e. The topological polar surface area (TPSA) is 92.9 Å². The number of ether oxygens (including phenoxy) is 1. The lowest BCUT2D eigenvalue weighted by molar-refractivity contribution is -0.385. The highest BCUT2D eigenvalue weighted by atomic mass is 16.6. The third kappa shape index (κ3) is 3.41. The maximum atomic E-state index is 12.1. The minimum absolute atomic E-state index is 0.0372. The zero-order chi connectivity index (χ0) is 14.4. The monoisotopic (exact) mass is 268 g/mol. The molecule has 0 aliphatic rings. The van der Waals surface area contributed by atoms with Crippen LogP contribution in [0.5, 0.6) is 5.75 Å². The van der Waals surface area contributed by atoms with Gasteiger partial charge in [0.25, 0.3) is 5.91 Å². The minimum Gasteiger partial charge on any atom is -0.487 e. The molecule has 0 saturated heterocycles. The van der Waals surface area contributed by atoms with Crippen molar-refractivity contribution in [2.45, 2.75) is 6.92 Å². The summed E-state index contributed by atoms with van der Waals surface area (Å²) < 4.78 is 5.23. The quantitative estimate of drug-likeness (QED) is 0.615. The Bertz CT molecular complexity index is 475. The molecule has 104 valence electrons. The van der Waals surface area contributed by atoms with Crippen LogP contribution in [-0.4, -0.2) is 47.6 Å². The zero-order valence-electron chi connectivity index (χ0n) is 10.8. The van der Waals surface area contributed by atoms with E-state index in [9.17, 15) is 14.9 Å². The second-order valence-electron chi connectivity index (χ2n) is 3.79. The van der Waals surface area contributed by atoms with E-state index >= 15 is 0 Å². The Labute approximate surface area is 110 Å². The number of hydrogen-bond acceptors (Lipinski definition) is 5. The van der Waals surface area contributed by atoms with Crippen molar-refractivity contribution >= 4 is 11.6 Å². The van der Waals surface area contributed by atoms with Gasteiger partial charge in [0, 0.05) is 19.7 Å². The van der Waals surface area contributed by atoms with E-state index in [0.29, 0.717) is 0 Å². The first-order chi connectivity index (χ1) is 9.02. The summed E-state index contributed by atoms with van der Waals surface area (Å²) in [6.07, 6.45) is 0. The van der Waals surface area contributed by atoms with Gasteiger partial charge >= 0.3 is 5.69 Å². The summed E-state index contributed by atoms with van der Waals surface area (Å²) in [5, 5.41) is 19.7. The maximum absolute atomic E-state index is 12.1. The molecule has 7 nitrogen and oxygen atoms in total. The van der Waals surface area contributed by atoms with E-state index in [1.54, 1.807) is 6.92 Å². The number of nitro groups is 1. The van der Waals surface area contributed by atoms with Crippen LogP contribution in [0.4, 0.5) is 5.69 Å². The third-order valence-corrected chi connectivity index (χ3v) is 2.49.